The van der Waals surface area contributed by atoms with Crippen LogP contribution in [0.15, 0.2) is 24.4 Å². The zero-order chi connectivity index (χ0) is 14.7. The Hall–Kier alpha value is -1.75. The van der Waals surface area contributed by atoms with E-state index in [1.807, 2.05) is 20.9 Å². The molecule has 0 radical (unpaired) electrons. The van der Waals surface area contributed by atoms with Crippen LogP contribution in [0.4, 0.5) is 8.78 Å². The fourth-order valence-electron chi connectivity index (χ4n) is 2.24. The van der Waals surface area contributed by atoms with Crippen LogP contribution < -0.4 is 5.32 Å². The molecule has 0 saturated carbocycles. The molecule has 0 amide bonds. The van der Waals surface area contributed by atoms with Crippen molar-refractivity contribution < 1.29 is 8.78 Å². The Morgan fingerprint density at radius 2 is 1.95 bits per heavy atom. The van der Waals surface area contributed by atoms with Crippen molar-refractivity contribution in [2.24, 2.45) is 7.05 Å². The van der Waals surface area contributed by atoms with Crippen molar-refractivity contribution in [3.63, 3.8) is 0 Å². The highest BCUT2D eigenvalue weighted by Gasteiger charge is 2.24. The first-order valence-electron chi connectivity index (χ1n) is 6.72. The number of aromatic nitrogens is 2. The van der Waals surface area contributed by atoms with Crippen LogP contribution in [0, 0.1) is 18.6 Å². The van der Waals surface area contributed by atoms with Gasteiger partial charge in [0.2, 0.25) is 0 Å². The predicted molar refractivity (Wildman–Crippen MR) is 74.4 cm³/mol. The number of nitrogens with zero attached hydrogens (tertiary/aromatic N) is 2. The molecule has 0 aliphatic carbocycles. The van der Waals surface area contributed by atoms with E-state index in [4.69, 9.17) is 0 Å². The molecule has 0 spiro atoms. The second-order valence-electron chi connectivity index (χ2n) is 4.83. The summed E-state index contributed by atoms with van der Waals surface area (Å²) in [7, 11) is 1.81. The summed E-state index contributed by atoms with van der Waals surface area (Å²) in [6.45, 7) is 4.58. The van der Waals surface area contributed by atoms with Gasteiger partial charge in [0.1, 0.15) is 11.6 Å². The monoisotopic (exact) mass is 279 g/mol. The van der Waals surface area contributed by atoms with Crippen molar-refractivity contribution in [3.8, 4) is 0 Å². The minimum absolute atomic E-state index is 0.0528. The smallest absolute Gasteiger partial charge is 0.131 e. The van der Waals surface area contributed by atoms with Crippen LogP contribution in [0.3, 0.4) is 0 Å². The van der Waals surface area contributed by atoms with Crippen LogP contribution in [0.2, 0.25) is 0 Å². The highest BCUT2D eigenvalue weighted by molar-refractivity contribution is 5.34. The summed E-state index contributed by atoms with van der Waals surface area (Å²) in [5, 5.41) is 7.37. The maximum atomic E-state index is 14.0. The lowest BCUT2D eigenvalue weighted by atomic mass is 9.98. The van der Waals surface area contributed by atoms with Gasteiger partial charge in [0.05, 0.1) is 12.2 Å². The highest BCUT2D eigenvalue weighted by Crippen LogP contribution is 2.28. The van der Waals surface area contributed by atoms with E-state index >= 15 is 0 Å². The van der Waals surface area contributed by atoms with Gasteiger partial charge >= 0.3 is 0 Å². The molecule has 0 aliphatic rings. The first-order chi connectivity index (χ1) is 9.56. The molecule has 0 fully saturated rings. The lowest BCUT2D eigenvalue weighted by Gasteiger charge is -2.20. The molecule has 0 aliphatic heterocycles. The first-order valence-corrected chi connectivity index (χ1v) is 6.72. The third-order valence-electron chi connectivity index (χ3n) is 3.47. The van der Waals surface area contributed by atoms with Crippen molar-refractivity contribution in [1.82, 2.24) is 15.1 Å². The summed E-state index contributed by atoms with van der Waals surface area (Å²) in [5.41, 5.74) is 1.74. The van der Waals surface area contributed by atoms with Gasteiger partial charge in [-0.3, -0.25) is 4.68 Å². The average Bonchev–Trinajstić information content (AvgIpc) is 2.74. The maximum Gasteiger partial charge on any atom is 0.131 e. The van der Waals surface area contributed by atoms with Crippen LogP contribution in [-0.4, -0.2) is 16.3 Å². The van der Waals surface area contributed by atoms with Gasteiger partial charge in [-0.1, -0.05) is 13.0 Å². The van der Waals surface area contributed by atoms with Crippen LogP contribution in [0.25, 0.3) is 0 Å². The molecule has 2 rings (SSSR count). The quantitative estimate of drug-likeness (QED) is 0.911. The topological polar surface area (TPSA) is 29.9 Å². The number of rotatable bonds is 5. The van der Waals surface area contributed by atoms with Gasteiger partial charge in [0.15, 0.2) is 0 Å². The lowest BCUT2D eigenvalue weighted by Crippen LogP contribution is -2.25. The summed E-state index contributed by atoms with van der Waals surface area (Å²) < 4.78 is 29.8. The molecular weight excluding hydrogens is 260 g/mol. The standard InChI is InChI=1S/C15H19F2N3/c1-4-8-18-15(11-9-19-20(3)10(11)2)14-12(16)6-5-7-13(14)17/h5-7,9,15,18H,4,8H2,1-3H3. The zero-order valence-corrected chi connectivity index (χ0v) is 12.0. The van der Waals surface area contributed by atoms with Gasteiger partial charge in [-0.2, -0.15) is 5.10 Å². The third kappa shape index (κ3) is 2.72. The maximum absolute atomic E-state index is 14.0. The lowest BCUT2D eigenvalue weighted by molar-refractivity contribution is 0.501. The van der Waals surface area contributed by atoms with E-state index in [-0.39, 0.29) is 5.56 Å². The molecule has 5 heteroatoms. The summed E-state index contributed by atoms with van der Waals surface area (Å²) >= 11 is 0. The zero-order valence-electron chi connectivity index (χ0n) is 12.0. The van der Waals surface area contributed by atoms with E-state index in [0.29, 0.717) is 6.54 Å². The molecule has 3 nitrogen and oxygen atoms in total. The van der Waals surface area contributed by atoms with Crippen molar-refractivity contribution in [3.05, 3.63) is 52.9 Å². The number of hydrogen-bond acceptors (Lipinski definition) is 2. The Balaban J connectivity index is 2.50. The minimum Gasteiger partial charge on any atom is -0.306 e. The molecule has 108 valence electrons. The van der Waals surface area contributed by atoms with Crippen molar-refractivity contribution in [2.75, 3.05) is 6.54 Å². The predicted octanol–water partition coefficient (Wildman–Crippen LogP) is 3.10. The first kappa shape index (κ1) is 14.7. The number of hydrogen-bond donors (Lipinski definition) is 1. The average molecular weight is 279 g/mol. The Morgan fingerprint density at radius 1 is 1.30 bits per heavy atom. The van der Waals surface area contributed by atoms with Gasteiger partial charge in [-0.15, -0.1) is 0 Å². The SMILES string of the molecule is CCCNC(c1cnn(C)c1C)c1c(F)cccc1F. The van der Waals surface area contributed by atoms with E-state index < -0.39 is 17.7 Å². The van der Waals surface area contributed by atoms with Crippen LogP contribution in [-0.2, 0) is 7.05 Å². The summed E-state index contributed by atoms with van der Waals surface area (Å²) in [6, 6.07) is 3.42. The molecular formula is C15H19F2N3. The molecule has 1 heterocycles. The van der Waals surface area contributed by atoms with E-state index in [1.165, 1.54) is 18.2 Å². The summed E-state index contributed by atoms with van der Waals surface area (Å²) in [4.78, 5) is 0. The van der Waals surface area contributed by atoms with E-state index in [1.54, 1.807) is 10.9 Å². The Morgan fingerprint density at radius 3 is 2.45 bits per heavy atom. The molecule has 1 atom stereocenters. The van der Waals surface area contributed by atoms with Crippen molar-refractivity contribution in [1.29, 1.82) is 0 Å². The van der Waals surface area contributed by atoms with E-state index in [2.05, 4.69) is 10.4 Å². The molecule has 1 N–H and O–H groups in total. The Bertz CT molecular complexity index is 573. The van der Waals surface area contributed by atoms with Gasteiger partial charge in [0, 0.05) is 23.9 Å². The highest BCUT2D eigenvalue weighted by atomic mass is 19.1. The number of aryl methyl sites for hydroxylation is 1. The third-order valence-corrected chi connectivity index (χ3v) is 3.47. The van der Waals surface area contributed by atoms with Gasteiger partial charge < -0.3 is 5.32 Å². The van der Waals surface area contributed by atoms with Crippen LogP contribution >= 0.6 is 0 Å². The van der Waals surface area contributed by atoms with Gasteiger partial charge in [0.25, 0.3) is 0 Å². The van der Waals surface area contributed by atoms with Crippen molar-refractivity contribution in [2.45, 2.75) is 26.3 Å². The summed E-state index contributed by atoms with van der Waals surface area (Å²) in [5.74, 6) is -1.08. The molecule has 1 unspecified atom stereocenters. The molecule has 0 saturated heterocycles. The number of halogens is 2. The van der Waals surface area contributed by atoms with Gasteiger partial charge in [-0.05, 0) is 32.0 Å². The second-order valence-corrected chi connectivity index (χ2v) is 4.83. The van der Waals surface area contributed by atoms with E-state index in [9.17, 15) is 8.78 Å². The van der Waals surface area contributed by atoms with Crippen molar-refractivity contribution >= 4 is 0 Å². The molecule has 1 aromatic carbocycles. The summed E-state index contributed by atoms with van der Waals surface area (Å²) in [6.07, 6.45) is 2.54. The van der Waals surface area contributed by atoms with Gasteiger partial charge in [-0.25, -0.2) is 8.78 Å². The molecule has 0 bridgehead atoms. The van der Waals surface area contributed by atoms with Crippen LogP contribution in [0.5, 0.6) is 0 Å². The van der Waals surface area contributed by atoms with E-state index in [0.717, 1.165) is 17.7 Å². The second kappa shape index (κ2) is 6.13. The normalized spacial score (nSPS) is 12.7. The molecule has 2 aromatic rings. The fourth-order valence-corrected chi connectivity index (χ4v) is 2.24. The largest absolute Gasteiger partial charge is 0.306 e. The molecule has 1 aromatic heterocycles. The van der Waals surface area contributed by atoms with Crippen LogP contribution in [0.1, 0.15) is 36.2 Å². The number of benzene rings is 1. The Labute approximate surface area is 117 Å². The minimum atomic E-state index is -0.540. The molecule has 20 heavy (non-hydrogen) atoms. The fraction of sp³-hybridized carbons (Fsp3) is 0.400. The Kier molecular flexibility index (Phi) is 4.49. The number of nitrogens with one attached hydrogen (secondary N) is 1.